The van der Waals surface area contributed by atoms with Gasteiger partial charge < -0.3 is 10.1 Å². The molecule has 0 radical (unpaired) electrons. The second kappa shape index (κ2) is 4.24. The summed E-state index contributed by atoms with van der Waals surface area (Å²) >= 11 is 0. The summed E-state index contributed by atoms with van der Waals surface area (Å²) in [5.74, 6) is 0.840. The Balaban J connectivity index is 1.58. The number of nitrogens with one attached hydrogen (secondary N) is 1. The molecular weight excluding hydrogens is 150 g/mol. The summed E-state index contributed by atoms with van der Waals surface area (Å²) in [6, 6.07) is 0. The largest absolute Gasteiger partial charge is 0.378 e. The van der Waals surface area contributed by atoms with Gasteiger partial charge in [0.1, 0.15) is 0 Å². The lowest BCUT2D eigenvalue weighted by atomic mass is 9.95. The molecule has 0 spiro atoms. The molecule has 1 aliphatic heterocycles. The number of hydrogen-bond acceptors (Lipinski definition) is 2. The van der Waals surface area contributed by atoms with Gasteiger partial charge in [0.15, 0.2) is 0 Å². The van der Waals surface area contributed by atoms with Crippen molar-refractivity contribution in [3.05, 3.63) is 0 Å². The van der Waals surface area contributed by atoms with E-state index in [0.717, 1.165) is 12.5 Å². The summed E-state index contributed by atoms with van der Waals surface area (Å²) in [6.07, 6.45) is 7.26. The second-order valence-electron chi connectivity index (χ2n) is 4.08. The first-order valence-corrected chi connectivity index (χ1v) is 5.27. The van der Waals surface area contributed by atoms with E-state index in [9.17, 15) is 0 Å². The Morgan fingerprint density at radius 2 is 1.83 bits per heavy atom. The number of hydrogen-bond donors (Lipinski definition) is 1. The van der Waals surface area contributed by atoms with E-state index in [0.29, 0.717) is 6.10 Å². The molecule has 1 heterocycles. The van der Waals surface area contributed by atoms with Gasteiger partial charge >= 0.3 is 0 Å². The monoisotopic (exact) mass is 169 g/mol. The van der Waals surface area contributed by atoms with E-state index in [1.54, 1.807) is 0 Å². The van der Waals surface area contributed by atoms with Crippen LogP contribution in [0.4, 0.5) is 0 Å². The average Bonchev–Trinajstić information content (AvgIpc) is 2.04. The molecule has 2 aliphatic rings. The molecule has 1 N–H and O–H groups in total. The van der Waals surface area contributed by atoms with Crippen LogP contribution >= 0.6 is 0 Å². The minimum absolute atomic E-state index is 0.625. The maximum atomic E-state index is 5.79. The van der Waals surface area contributed by atoms with Crippen LogP contribution in [0.2, 0.25) is 0 Å². The van der Waals surface area contributed by atoms with Crippen LogP contribution in [-0.4, -0.2) is 25.8 Å². The third-order valence-electron chi connectivity index (χ3n) is 3.08. The van der Waals surface area contributed by atoms with Gasteiger partial charge in [0.05, 0.1) is 6.10 Å². The molecule has 0 unspecified atom stereocenters. The third kappa shape index (κ3) is 2.20. The van der Waals surface area contributed by atoms with Gasteiger partial charge in [-0.15, -0.1) is 0 Å². The summed E-state index contributed by atoms with van der Waals surface area (Å²) in [4.78, 5) is 0. The van der Waals surface area contributed by atoms with Crippen LogP contribution in [0.3, 0.4) is 0 Å². The fraction of sp³-hybridized carbons (Fsp3) is 1.00. The standard InChI is InChI=1S/C10H19NO/c1-2-10(3-1)12-8-9-4-6-11-7-5-9/h9-11H,1-8H2. The molecule has 2 nitrogen and oxygen atoms in total. The molecule has 1 saturated heterocycles. The van der Waals surface area contributed by atoms with Crippen molar-refractivity contribution in [3.8, 4) is 0 Å². The zero-order valence-corrected chi connectivity index (χ0v) is 7.72. The Morgan fingerprint density at radius 3 is 2.42 bits per heavy atom. The van der Waals surface area contributed by atoms with E-state index in [1.165, 1.54) is 45.2 Å². The Morgan fingerprint density at radius 1 is 1.08 bits per heavy atom. The van der Waals surface area contributed by atoms with Crippen molar-refractivity contribution in [1.82, 2.24) is 5.32 Å². The Hall–Kier alpha value is -0.0800. The molecule has 1 saturated carbocycles. The molecule has 0 atom stereocenters. The van der Waals surface area contributed by atoms with Crippen LogP contribution < -0.4 is 5.32 Å². The quantitative estimate of drug-likeness (QED) is 0.692. The first kappa shape index (κ1) is 8.52. The zero-order valence-electron chi connectivity index (χ0n) is 7.72. The molecule has 0 aromatic carbocycles. The molecule has 0 amide bonds. The maximum absolute atomic E-state index is 5.79. The fourth-order valence-electron chi connectivity index (χ4n) is 1.86. The summed E-state index contributed by atoms with van der Waals surface area (Å²) in [6.45, 7) is 3.41. The van der Waals surface area contributed by atoms with Crippen LogP contribution in [0, 0.1) is 5.92 Å². The topological polar surface area (TPSA) is 21.3 Å². The molecule has 2 rings (SSSR count). The van der Waals surface area contributed by atoms with Gasteiger partial charge in [-0.05, 0) is 51.1 Å². The summed E-state index contributed by atoms with van der Waals surface area (Å²) in [7, 11) is 0. The van der Waals surface area contributed by atoms with E-state index in [4.69, 9.17) is 4.74 Å². The van der Waals surface area contributed by atoms with Crippen molar-refractivity contribution in [1.29, 1.82) is 0 Å². The predicted molar refractivity (Wildman–Crippen MR) is 49.2 cm³/mol. The Labute approximate surface area is 74.7 Å². The maximum Gasteiger partial charge on any atom is 0.0575 e. The fourth-order valence-corrected chi connectivity index (χ4v) is 1.86. The second-order valence-corrected chi connectivity index (χ2v) is 4.08. The summed E-state index contributed by atoms with van der Waals surface area (Å²) in [5.41, 5.74) is 0. The highest BCUT2D eigenvalue weighted by molar-refractivity contribution is 4.72. The Bertz CT molecular complexity index is 128. The lowest BCUT2D eigenvalue weighted by molar-refractivity contribution is -0.0201. The summed E-state index contributed by atoms with van der Waals surface area (Å²) < 4.78 is 5.79. The SMILES string of the molecule is C1CC(OCC2CCNCC2)C1. The predicted octanol–water partition coefficient (Wildman–Crippen LogP) is 1.56. The molecule has 1 aliphatic carbocycles. The molecule has 2 fully saturated rings. The minimum atomic E-state index is 0.625. The van der Waals surface area contributed by atoms with E-state index in [-0.39, 0.29) is 0 Å². The highest BCUT2D eigenvalue weighted by Crippen LogP contribution is 2.23. The van der Waals surface area contributed by atoms with Crippen molar-refractivity contribution >= 4 is 0 Å². The van der Waals surface area contributed by atoms with Gasteiger partial charge in [0, 0.05) is 6.61 Å². The van der Waals surface area contributed by atoms with Gasteiger partial charge in [0.25, 0.3) is 0 Å². The van der Waals surface area contributed by atoms with Crippen molar-refractivity contribution in [2.45, 2.75) is 38.2 Å². The smallest absolute Gasteiger partial charge is 0.0575 e. The van der Waals surface area contributed by atoms with E-state index < -0.39 is 0 Å². The zero-order chi connectivity index (χ0) is 8.23. The first-order chi connectivity index (χ1) is 5.95. The first-order valence-electron chi connectivity index (χ1n) is 5.27. The van der Waals surface area contributed by atoms with Gasteiger partial charge in [-0.1, -0.05) is 0 Å². The molecule has 2 heteroatoms. The van der Waals surface area contributed by atoms with E-state index in [2.05, 4.69) is 5.32 Å². The highest BCUT2D eigenvalue weighted by Gasteiger charge is 2.20. The van der Waals surface area contributed by atoms with Gasteiger partial charge in [-0.25, -0.2) is 0 Å². The molecule has 0 bridgehead atoms. The van der Waals surface area contributed by atoms with Crippen LogP contribution in [0.15, 0.2) is 0 Å². The Kier molecular flexibility index (Phi) is 3.01. The molecule has 12 heavy (non-hydrogen) atoms. The van der Waals surface area contributed by atoms with Crippen molar-refractivity contribution in [2.24, 2.45) is 5.92 Å². The van der Waals surface area contributed by atoms with Gasteiger partial charge in [-0.3, -0.25) is 0 Å². The van der Waals surface area contributed by atoms with Gasteiger partial charge in [0.2, 0.25) is 0 Å². The van der Waals surface area contributed by atoms with Crippen molar-refractivity contribution in [3.63, 3.8) is 0 Å². The molecular formula is C10H19NO. The van der Waals surface area contributed by atoms with Crippen LogP contribution in [0.5, 0.6) is 0 Å². The van der Waals surface area contributed by atoms with Crippen LogP contribution in [-0.2, 0) is 4.74 Å². The molecule has 0 aromatic rings. The normalized spacial score (nSPS) is 27.0. The minimum Gasteiger partial charge on any atom is -0.378 e. The van der Waals surface area contributed by atoms with Crippen LogP contribution in [0.1, 0.15) is 32.1 Å². The van der Waals surface area contributed by atoms with Crippen LogP contribution in [0.25, 0.3) is 0 Å². The third-order valence-corrected chi connectivity index (χ3v) is 3.08. The summed E-state index contributed by atoms with van der Waals surface area (Å²) in [5, 5.41) is 3.37. The van der Waals surface area contributed by atoms with E-state index in [1.807, 2.05) is 0 Å². The lowest BCUT2D eigenvalue weighted by Crippen LogP contribution is -2.32. The number of ether oxygens (including phenoxy) is 1. The molecule has 0 aromatic heterocycles. The number of piperidine rings is 1. The van der Waals surface area contributed by atoms with Gasteiger partial charge in [-0.2, -0.15) is 0 Å². The molecule has 70 valence electrons. The number of rotatable bonds is 3. The van der Waals surface area contributed by atoms with Crippen molar-refractivity contribution < 1.29 is 4.74 Å². The highest BCUT2D eigenvalue weighted by atomic mass is 16.5. The van der Waals surface area contributed by atoms with Crippen molar-refractivity contribution in [2.75, 3.05) is 19.7 Å². The lowest BCUT2D eigenvalue weighted by Gasteiger charge is -2.29. The average molecular weight is 169 g/mol. The van der Waals surface area contributed by atoms with E-state index >= 15 is 0 Å².